The summed E-state index contributed by atoms with van der Waals surface area (Å²) in [6.07, 6.45) is 6.32. The second kappa shape index (κ2) is 7.13. The molecule has 2 amide bonds. The Labute approximate surface area is 116 Å². The van der Waals surface area contributed by atoms with Crippen molar-refractivity contribution in [2.75, 3.05) is 26.2 Å². The molecule has 2 rings (SSSR count). The van der Waals surface area contributed by atoms with Gasteiger partial charge in [-0.1, -0.05) is 6.42 Å². The average molecular weight is 268 g/mol. The molecule has 2 aliphatic rings. The van der Waals surface area contributed by atoms with Crippen LogP contribution in [0.5, 0.6) is 0 Å². The van der Waals surface area contributed by atoms with Gasteiger partial charge in [0.25, 0.3) is 0 Å². The molecule has 4 nitrogen and oxygen atoms in total. The first-order valence-electron chi connectivity index (χ1n) is 7.81. The minimum Gasteiger partial charge on any atom is -0.379 e. The first-order valence-corrected chi connectivity index (χ1v) is 7.81. The number of fused-ring (bicyclic) bond motifs is 1. The topological polar surface area (TPSA) is 41.6 Å². The SMILES string of the molecule is CC(C)OCCCCNC(=O)N1CC2CCCC2C1. The van der Waals surface area contributed by atoms with E-state index in [0.717, 1.165) is 50.9 Å². The summed E-state index contributed by atoms with van der Waals surface area (Å²) in [6.45, 7) is 7.62. The van der Waals surface area contributed by atoms with Gasteiger partial charge in [0.1, 0.15) is 0 Å². The van der Waals surface area contributed by atoms with E-state index in [0.29, 0.717) is 6.10 Å². The van der Waals surface area contributed by atoms with Crippen LogP contribution in [0.3, 0.4) is 0 Å². The number of nitrogens with zero attached hydrogens (tertiary/aromatic N) is 1. The molecule has 1 heterocycles. The summed E-state index contributed by atoms with van der Waals surface area (Å²) in [4.78, 5) is 14.0. The first kappa shape index (κ1) is 14.6. The summed E-state index contributed by atoms with van der Waals surface area (Å²) in [7, 11) is 0. The van der Waals surface area contributed by atoms with E-state index in [1.165, 1.54) is 19.3 Å². The number of amides is 2. The third-order valence-electron chi connectivity index (χ3n) is 4.31. The first-order chi connectivity index (χ1) is 9.16. The molecule has 1 N–H and O–H groups in total. The molecule has 4 heteroatoms. The van der Waals surface area contributed by atoms with Gasteiger partial charge in [0.2, 0.25) is 0 Å². The maximum Gasteiger partial charge on any atom is 0.317 e. The smallest absolute Gasteiger partial charge is 0.317 e. The lowest BCUT2D eigenvalue weighted by atomic mass is 10.0. The van der Waals surface area contributed by atoms with Gasteiger partial charge in [-0.3, -0.25) is 0 Å². The fraction of sp³-hybridized carbons (Fsp3) is 0.933. The van der Waals surface area contributed by atoms with Gasteiger partial charge in [0, 0.05) is 26.2 Å². The van der Waals surface area contributed by atoms with E-state index in [2.05, 4.69) is 5.32 Å². The number of nitrogens with one attached hydrogen (secondary N) is 1. The number of unbranched alkanes of at least 4 members (excludes halogenated alkanes) is 1. The van der Waals surface area contributed by atoms with Crippen molar-refractivity contribution in [2.45, 2.75) is 52.1 Å². The predicted molar refractivity (Wildman–Crippen MR) is 76.1 cm³/mol. The summed E-state index contributed by atoms with van der Waals surface area (Å²) in [6, 6.07) is 0.138. The zero-order valence-corrected chi connectivity index (χ0v) is 12.4. The molecule has 0 aromatic heterocycles. The van der Waals surface area contributed by atoms with Gasteiger partial charge in [-0.05, 0) is 51.4 Å². The van der Waals surface area contributed by atoms with Gasteiger partial charge in [0.05, 0.1) is 6.10 Å². The molecule has 0 spiro atoms. The third-order valence-corrected chi connectivity index (χ3v) is 4.31. The summed E-state index contributed by atoms with van der Waals surface area (Å²) >= 11 is 0. The number of carbonyl (C=O) groups is 1. The maximum absolute atomic E-state index is 12.0. The van der Waals surface area contributed by atoms with Gasteiger partial charge >= 0.3 is 6.03 Å². The van der Waals surface area contributed by atoms with Crippen LogP contribution in [0.15, 0.2) is 0 Å². The number of ether oxygens (including phenoxy) is 1. The lowest BCUT2D eigenvalue weighted by Gasteiger charge is -2.18. The summed E-state index contributed by atoms with van der Waals surface area (Å²) in [5.74, 6) is 1.57. The number of urea groups is 1. The van der Waals surface area contributed by atoms with E-state index < -0.39 is 0 Å². The highest BCUT2D eigenvalue weighted by molar-refractivity contribution is 5.74. The zero-order valence-electron chi connectivity index (χ0n) is 12.4. The average Bonchev–Trinajstić information content (AvgIpc) is 2.93. The van der Waals surface area contributed by atoms with E-state index in [1.54, 1.807) is 0 Å². The number of hydrogen-bond acceptors (Lipinski definition) is 2. The molecule has 2 unspecified atom stereocenters. The standard InChI is InChI=1S/C15H28N2O2/c1-12(2)19-9-4-3-8-16-15(18)17-10-13-6-5-7-14(13)11-17/h12-14H,3-11H2,1-2H3,(H,16,18). The number of likely N-dealkylation sites (tertiary alicyclic amines) is 1. The molecule has 1 aliphatic heterocycles. The normalized spacial score (nSPS) is 25.9. The quantitative estimate of drug-likeness (QED) is 0.752. The molecule has 110 valence electrons. The van der Waals surface area contributed by atoms with Crippen molar-refractivity contribution in [1.29, 1.82) is 0 Å². The van der Waals surface area contributed by atoms with Crippen LogP contribution in [-0.2, 0) is 4.74 Å². The van der Waals surface area contributed by atoms with Gasteiger partial charge < -0.3 is 15.0 Å². The number of carbonyl (C=O) groups excluding carboxylic acids is 1. The molecule has 2 fully saturated rings. The largest absolute Gasteiger partial charge is 0.379 e. The van der Waals surface area contributed by atoms with Crippen LogP contribution in [-0.4, -0.2) is 43.3 Å². The van der Waals surface area contributed by atoms with Gasteiger partial charge in [-0.15, -0.1) is 0 Å². The van der Waals surface area contributed by atoms with Crippen LogP contribution in [0.25, 0.3) is 0 Å². The molecule has 0 radical (unpaired) electrons. The molecular weight excluding hydrogens is 240 g/mol. The van der Waals surface area contributed by atoms with Crippen LogP contribution in [0.2, 0.25) is 0 Å². The Morgan fingerprint density at radius 2 is 1.95 bits per heavy atom. The van der Waals surface area contributed by atoms with Crippen molar-refractivity contribution in [1.82, 2.24) is 10.2 Å². The maximum atomic E-state index is 12.0. The van der Waals surface area contributed by atoms with Crippen LogP contribution >= 0.6 is 0 Å². The van der Waals surface area contributed by atoms with E-state index in [9.17, 15) is 4.79 Å². The second-order valence-electron chi connectivity index (χ2n) is 6.21. The van der Waals surface area contributed by atoms with E-state index >= 15 is 0 Å². The van der Waals surface area contributed by atoms with Crippen molar-refractivity contribution < 1.29 is 9.53 Å². The Hall–Kier alpha value is -0.770. The third kappa shape index (κ3) is 4.37. The van der Waals surface area contributed by atoms with Gasteiger partial charge in [-0.25, -0.2) is 4.79 Å². The highest BCUT2D eigenvalue weighted by atomic mass is 16.5. The fourth-order valence-corrected chi connectivity index (χ4v) is 3.25. The Morgan fingerprint density at radius 1 is 1.26 bits per heavy atom. The van der Waals surface area contributed by atoms with Gasteiger partial charge in [0.15, 0.2) is 0 Å². The van der Waals surface area contributed by atoms with E-state index in [4.69, 9.17) is 4.74 Å². The summed E-state index contributed by atoms with van der Waals surface area (Å²) in [5.41, 5.74) is 0. The second-order valence-corrected chi connectivity index (χ2v) is 6.21. The molecule has 2 atom stereocenters. The van der Waals surface area contributed by atoms with E-state index in [1.807, 2.05) is 18.7 Å². The van der Waals surface area contributed by atoms with Crippen LogP contribution in [0.4, 0.5) is 4.79 Å². The summed E-state index contributed by atoms with van der Waals surface area (Å²) in [5, 5.41) is 3.03. The van der Waals surface area contributed by atoms with Crippen molar-refractivity contribution >= 4 is 6.03 Å². The van der Waals surface area contributed by atoms with Crippen molar-refractivity contribution in [3.8, 4) is 0 Å². The molecule has 0 bridgehead atoms. The van der Waals surface area contributed by atoms with Crippen molar-refractivity contribution in [3.63, 3.8) is 0 Å². The lowest BCUT2D eigenvalue weighted by molar-refractivity contribution is 0.0760. The molecule has 19 heavy (non-hydrogen) atoms. The molecule has 1 aliphatic carbocycles. The Kier molecular flexibility index (Phi) is 5.49. The molecule has 0 aromatic carbocycles. The minimum atomic E-state index is 0.138. The predicted octanol–water partition coefficient (Wildman–Crippen LogP) is 2.63. The Bertz CT molecular complexity index is 282. The van der Waals surface area contributed by atoms with Gasteiger partial charge in [-0.2, -0.15) is 0 Å². The Balaban J connectivity index is 1.53. The number of hydrogen-bond donors (Lipinski definition) is 1. The fourth-order valence-electron chi connectivity index (χ4n) is 3.25. The van der Waals surface area contributed by atoms with E-state index in [-0.39, 0.29) is 6.03 Å². The van der Waals surface area contributed by atoms with Crippen LogP contribution < -0.4 is 5.32 Å². The lowest BCUT2D eigenvalue weighted by Crippen LogP contribution is -2.39. The summed E-state index contributed by atoms with van der Waals surface area (Å²) < 4.78 is 5.48. The van der Waals surface area contributed by atoms with Crippen LogP contribution in [0, 0.1) is 11.8 Å². The van der Waals surface area contributed by atoms with Crippen molar-refractivity contribution in [2.24, 2.45) is 11.8 Å². The highest BCUT2D eigenvalue weighted by Gasteiger charge is 2.37. The highest BCUT2D eigenvalue weighted by Crippen LogP contribution is 2.37. The van der Waals surface area contributed by atoms with Crippen molar-refractivity contribution in [3.05, 3.63) is 0 Å². The molecule has 0 aromatic rings. The molecule has 1 saturated carbocycles. The monoisotopic (exact) mass is 268 g/mol. The minimum absolute atomic E-state index is 0.138. The molecular formula is C15H28N2O2. The zero-order chi connectivity index (χ0) is 13.7. The molecule has 1 saturated heterocycles. The van der Waals surface area contributed by atoms with Crippen LogP contribution in [0.1, 0.15) is 46.0 Å². The Morgan fingerprint density at radius 3 is 2.58 bits per heavy atom. The number of rotatable bonds is 6.